The number of amides is 2. The zero-order chi connectivity index (χ0) is 33.3. The molecule has 0 unspecified atom stereocenters. The minimum Gasteiger partial charge on any atom is -0.494 e. The van der Waals surface area contributed by atoms with Gasteiger partial charge in [0.1, 0.15) is 5.75 Å². The standard InChI is InChI=1S/C39H43N3O5S/c1-2-47-35-8-5-6-28(23-35)10-11-32-7-3-4-9-36(32)38(44)42-18-16-41(17-19-42)34-14-12-33(13-15-34)37(43)40-48(45,46)27-39-24-29-20-30(25-39)22-31(21-29)26-39/h3-9,12-15,23,29-31H,2,16-22,24-27H2,1H3,(H,40,43). The number of hydrogen-bond donors (Lipinski definition) is 1. The highest BCUT2D eigenvalue weighted by Crippen LogP contribution is 2.60. The van der Waals surface area contributed by atoms with Crippen molar-refractivity contribution < 1.29 is 22.7 Å². The summed E-state index contributed by atoms with van der Waals surface area (Å²) < 4.78 is 34.3. The van der Waals surface area contributed by atoms with Gasteiger partial charge in [-0.1, -0.05) is 30.0 Å². The predicted molar refractivity (Wildman–Crippen MR) is 186 cm³/mol. The van der Waals surface area contributed by atoms with Crippen LogP contribution < -0.4 is 14.4 Å². The second-order valence-electron chi connectivity index (χ2n) is 14.2. The van der Waals surface area contributed by atoms with Crippen molar-refractivity contribution >= 4 is 27.5 Å². The van der Waals surface area contributed by atoms with E-state index in [2.05, 4.69) is 21.5 Å². The van der Waals surface area contributed by atoms with E-state index in [0.29, 0.717) is 67.2 Å². The van der Waals surface area contributed by atoms with Crippen molar-refractivity contribution in [2.24, 2.45) is 23.2 Å². The van der Waals surface area contributed by atoms with Gasteiger partial charge in [0, 0.05) is 48.6 Å². The molecule has 1 saturated heterocycles. The van der Waals surface area contributed by atoms with Crippen LogP contribution in [-0.2, 0) is 10.0 Å². The Morgan fingerprint density at radius 2 is 1.52 bits per heavy atom. The second kappa shape index (κ2) is 13.3. The molecule has 5 aliphatic rings. The molecule has 5 fully saturated rings. The molecule has 8 nitrogen and oxygen atoms in total. The van der Waals surface area contributed by atoms with Gasteiger partial charge in [0.2, 0.25) is 10.0 Å². The number of sulfonamides is 1. The van der Waals surface area contributed by atoms with Crippen molar-refractivity contribution in [3.63, 3.8) is 0 Å². The first-order valence-corrected chi connectivity index (χ1v) is 18.9. The number of hydrogen-bond acceptors (Lipinski definition) is 6. The lowest BCUT2D eigenvalue weighted by atomic mass is 9.50. The third-order valence-electron chi connectivity index (χ3n) is 10.6. The highest BCUT2D eigenvalue weighted by molar-refractivity contribution is 7.90. The summed E-state index contributed by atoms with van der Waals surface area (Å²) in [5, 5.41) is 0. The van der Waals surface area contributed by atoms with Crippen LogP contribution in [0.1, 0.15) is 77.3 Å². The van der Waals surface area contributed by atoms with Gasteiger partial charge in [0.15, 0.2) is 0 Å². The van der Waals surface area contributed by atoms with Gasteiger partial charge in [-0.2, -0.15) is 0 Å². The molecule has 48 heavy (non-hydrogen) atoms. The number of nitrogens with zero attached hydrogens (tertiary/aromatic N) is 2. The van der Waals surface area contributed by atoms with Crippen LogP contribution in [0.25, 0.3) is 0 Å². The van der Waals surface area contributed by atoms with E-state index in [1.54, 1.807) is 12.1 Å². The number of carbonyl (C=O) groups excluding carboxylic acids is 2. The van der Waals surface area contributed by atoms with Crippen LogP contribution in [-0.4, -0.2) is 63.7 Å². The molecule has 3 aromatic carbocycles. The highest BCUT2D eigenvalue weighted by atomic mass is 32.2. The van der Waals surface area contributed by atoms with Crippen LogP contribution in [0.4, 0.5) is 5.69 Å². The largest absolute Gasteiger partial charge is 0.494 e. The fraction of sp³-hybridized carbons (Fsp3) is 0.436. The molecule has 8 rings (SSSR count). The lowest BCUT2D eigenvalue weighted by molar-refractivity contribution is -0.0391. The summed E-state index contributed by atoms with van der Waals surface area (Å²) in [7, 11) is -3.75. The SMILES string of the molecule is CCOc1cccc(C#Cc2ccccc2C(=O)N2CCN(c3ccc(C(=O)NS(=O)(=O)CC45CC6CC(CC(C6)C4)C5)cc3)CC2)c1. The smallest absolute Gasteiger partial charge is 0.264 e. The summed E-state index contributed by atoms with van der Waals surface area (Å²) in [6.07, 6.45) is 6.68. The van der Waals surface area contributed by atoms with Gasteiger partial charge in [-0.05, 0) is 123 Å². The zero-order valence-electron chi connectivity index (χ0n) is 27.5. The molecule has 1 heterocycles. The van der Waals surface area contributed by atoms with Crippen LogP contribution in [0, 0.1) is 35.0 Å². The van der Waals surface area contributed by atoms with Gasteiger partial charge in [-0.15, -0.1) is 0 Å². The van der Waals surface area contributed by atoms with Crippen molar-refractivity contribution in [2.45, 2.75) is 45.4 Å². The van der Waals surface area contributed by atoms with Gasteiger partial charge in [-0.25, -0.2) is 13.1 Å². The molecular formula is C39H43N3O5S. The number of ether oxygens (including phenoxy) is 1. The summed E-state index contributed by atoms with van der Waals surface area (Å²) in [6.45, 7) is 4.88. The van der Waals surface area contributed by atoms with E-state index in [1.807, 2.05) is 72.5 Å². The minimum absolute atomic E-state index is 0.0513. The van der Waals surface area contributed by atoms with Crippen molar-refractivity contribution in [1.82, 2.24) is 9.62 Å². The summed E-state index contributed by atoms with van der Waals surface area (Å²) in [6, 6.07) is 22.1. The summed E-state index contributed by atoms with van der Waals surface area (Å²) in [5.74, 6) is 8.49. The topological polar surface area (TPSA) is 96.0 Å². The van der Waals surface area contributed by atoms with E-state index in [1.165, 1.54) is 19.3 Å². The van der Waals surface area contributed by atoms with Crippen LogP contribution >= 0.6 is 0 Å². The van der Waals surface area contributed by atoms with Crippen LogP contribution in [0.15, 0.2) is 72.8 Å². The van der Waals surface area contributed by atoms with E-state index >= 15 is 0 Å². The third kappa shape index (κ3) is 7.09. The molecule has 0 atom stereocenters. The molecule has 0 radical (unpaired) electrons. The average molecular weight is 666 g/mol. The molecule has 4 bridgehead atoms. The maximum Gasteiger partial charge on any atom is 0.264 e. The molecule has 250 valence electrons. The maximum atomic E-state index is 13.6. The first-order valence-electron chi connectivity index (χ1n) is 17.2. The Bertz CT molecular complexity index is 1820. The van der Waals surface area contributed by atoms with Crippen molar-refractivity contribution in [3.8, 4) is 17.6 Å². The average Bonchev–Trinajstić information content (AvgIpc) is 3.06. The summed E-state index contributed by atoms with van der Waals surface area (Å²) in [5.41, 5.74) is 3.16. The number of rotatable bonds is 8. The van der Waals surface area contributed by atoms with E-state index < -0.39 is 15.9 Å². The number of piperazine rings is 1. The van der Waals surface area contributed by atoms with Crippen molar-refractivity contribution in [3.05, 3.63) is 95.1 Å². The Labute approximate surface area is 283 Å². The number of nitrogens with one attached hydrogen (secondary N) is 1. The molecule has 9 heteroatoms. The zero-order valence-corrected chi connectivity index (χ0v) is 28.3. The lowest BCUT2D eigenvalue weighted by Gasteiger charge is -2.56. The Balaban J connectivity index is 0.941. The first kappa shape index (κ1) is 32.3. The fourth-order valence-corrected chi connectivity index (χ4v) is 10.6. The monoisotopic (exact) mass is 665 g/mol. The molecule has 1 N–H and O–H groups in total. The molecule has 4 aliphatic carbocycles. The van der Waals surface area contributed by atoms with Gasteiger partial charge >= 0.3 is 0 Å². The first-order chi connectivity index (χ1) is 23.2. The van der Waals surface area contributed by atoms with Crippen LogP contribution in [0.5, 0.6) is 5.75 Å². The van der Waals surface area contributed by atoms with Gasteiger partial charge in [-0.3, -0.25) is 9.59 Å². The lowest BCUT2D eigenvalue weighted by Crippen LogP contribution is -2.51. The second-order valence-corrected chi connectivity index (χ2v) is 15.9. The fourth-order valence-electron chi connectivity index (χ4n) is 9.02. The highest BCUT2D eigenvalue weighted by Gasteiger charge is 2.52. The Hall–Kier alpha value is -4.29. The minimum atomic E-state index is -3.75. The van der Waals surface area contributed by atoms with E-state index in [-0.39, 0.29) is 17.1 Å². The molecule has 0 spiro atoms. The maximum absolute atomic E-state index is 13.6. The molecule has 4 saturated carbocycles. The predicted octanol–water partition coefficient (Wildman–Crippen LogP) is 5.72. The molecule has 2 amide bonds. The van der Waals surface area contributed by atoms with Gasteiger partial charge in [0.05, 0.1) is 17.9 Å². The Morgan fingerprint density at radius 3 is 2.19 bits per heavy atom. The summed E-state index contributed by atoms with van der Waals surface area (Å²) >= 11 is 0. The van der Waals surface area contributed by atoms with E-state index in [9.17, 15) is 18.0 Å². The number of anilines is 1. The van der Waals surface area contributed by atoms with E-state index in [4.69, 9.17) is 4.74 Å². The summed E-state index contributed by atoms with van der Waals surface area (Å²) in [4.78, 5) is 30.6. The van der Waals surface area contributed by atoms with Crippen molar-refractivity contribution in [2.75, 3.05) is 43.4 Å². The normalized spacial score (nSPS) is 24.5. The number of benzene rings is 3. The van der Waals surface area contributed by atoms with E-state index in [0.717, 1.165) is 36.3 Å². The van der Waals surface area contributed by atoms with Gasteiger partial charge < -0.3 is 14.5 Å². The third-order valence-corrected chi connectivity index (χ3v) is 12.1. The Kier molecular flexibility index (Phi) is 8.95. The van der Waals surface area contributed by atoms with Crippen LogP contribution in [0.3, 0.4) is 0 Å². The molecule has 1 aliphatic heterocycles. The molecule has 3 aromatic rings. The Morgan fingerprint density at radius 1 is 0.854 bits per heavy atom. The molecular weight excluding hydrogens is 623 g/mol. The number of carbonyl (C=O) groups is 2. The van der Waals surface area contributed by atoms with Gasteiger partial charge in [0.25, 0.3) is 11.8 Å². The quantitative estimate of drug-likeness (QED) is 0.309. The van der Waals surface area contributed by atoms with Crippen LogP contribution in [0.2, 0.25) is 0 Å². The van der Waals surface area contributed by atoms with Crippen molar-refractivity contribution in [1.29, 1.82) is 0 Å². The molecule has 0 aromatic heterocycles.